The van der Waals surface area contributed by atoms with Gasteiger partial charge in [-0.05, 0) is 12.8 Å². The summed E-state index contributed by atoms with van der Waals surface area (Å²) in [7, 11) is -5.53. The number of hydrogen-bond donors (Lipinski definition) is 4. The van der Waals surface area contributed by atoms with Gasteiger partial charge in [0.25, 0.3) is 0 Å². The molecule has 0 heterocycles. The second kappa shape index (κ2) is 35.5. The summed E-state index contributed by atoms with van der Waals surface area (Å²) in [6.07, 6.45) is 26.1. The maximum absolute atomic E-state index is 13.5. The van der Waals surface area contributed by atoms with E-state index in [0.29, 0.717) is 26.3 Å². The summed E-state index contributed by atoms with van der Waals surface area (Å²) in [5.41, 5.74) is 3.85. The van der Waals surface area contributed by atoms with E-state index in [1.54, 1.807) is 11.8 Å². The van der Waals surface area contributed by atoms with Gasteiger partial charge in [-0.15, -0.1) is 0 Å². The average Bonchev–Trinajstić information content (AvgIpc) is 3.09. The molecule has 51 heavy (non-hydrogen) atoms. The third-order valence-corrected chi connectivity index (χ3v) is 10.6. The van der Waals surface area contributed by atoms with E-state index in [0.717, 1.165) is 37.6 Å². The van der Waals surface area contributed by atoms with Gasteiger partial charge in [0.15, 0.2) is 0 Å². The van der Waals surface area contributed by atoms with Crippen LogP contribution in [-0.4, -0.2) is 104 Å². The van der Waals surface area contributed by atoms with Crippen LogP contribution in [0.5, 0.6) is 0 Å². The summed E-state index contributed by atoms with van der Waals surface area (Å²) in [6.45, 7) is 6.37. The van der Waals surface area contributed by atoms with Crippen molar-refractivity contribution in [1.82, 2.24) is 5.32 Å². The Morgan fingerprint density at radius 1 is 0.706 bits per heavy atom. The summed E-state index contributed by atoms with van der Waals surface area (Å²) in [6, 6.07) is -0.0673. The molecule has 0 spiro atoms. The number of unbranched alkanes of at least 4 members (excludes halogenated alkanes) is 18. The Kier molecular flexibility index (Phi) is 35.3. The van der Waals surface area contributed by atoms with Gasteiger partial charge in [0.1, 0.15) is 6.61 Å². The molecule has 0 bridgehead atoms. The van der Waals surface area contributed by atoms with Crippen molar-refractivity contribution < 1.29 is 46.9 Å². The van der Waals surface area contributed by atoms with Crippen molar-refractivity contribution in [3.63, 3.8) is 0 Å². The van der Waals surface area contributed by atoms with Gasteiger partial charge in [-0.1, -0.05) is 129 Å². The van der Waals surface area contributed by atoms with Crippen LogP contribution in [0.4, 0.5) is 8.78 Å². The highest BCUT2D eigenvalue weighted by Gasteiger charge is 2.49. The molecule has 0 radical (unpaired) electrons. The van der Waals surface area contributed by atoms with Crippen LogP contribution < -0.4 is 11.1 Å². The number of hydrogen-bond acceptors (Lipinski definition) is 9. The van der Waals surface area contributed by atoms with Crippen LogP contribution in [0.15, 0.2) is 0 Å². The van der Waals surface area contributed by atoms with E-state index in [-0.39, 0.29) is 25.4 Å². The lowest BCUT2D eigenvalue weighted by Gasteiger charge is -2.19. The molecule has 5 N–H and O–H groups in total. The molecule has 0 aromatic carbocycles. The molecule has 0 aliphatic carbocycles. The molecule has 0 rings (SSSR count). The Bertz CT molecular complexity index is 831. The maximum Gasteiger partial charge on any atom is 0.398 e. The highest BCUT2D eigenvalue weighted by molar-refractivity contribution is 7.99. The maximum atomic E-state index is 13.5. The number of carbonyl (C=O) groups excluding carboxylic acids is 1. The topological polar surface area (TPSA) is 150 Å². The zero-order chi connectivity index (χ0) is 37.9. The smallest absolute Gasteiger partial charge is 0.379 e. The Labute approximate surface area is 313 Å². The van der Waals surface area contributed by atoms with Crippen molar-refractivity contribution in [1.29, 1.82) is 0 Å². The molecule has 2 atom stereocenters. The summed E-state index contributed by atoms with van der Waals surface area (Å²) in [5.74, 6) is -2.67. The van der Waals surface area contributed by atoms with Crippen LogP contribution in [0.1, 0.15) is 142 Å². The zero-order valence-electron chi connectivity index (χ0n) is 32.1. The van der Waals surface area contributed by atoms with Crippen molar-refractivity contribution in [3.8, 4) is 0 Å². The number of rotatable bonds is 41. The molecule has 0 aromatic rings. The summed E-state index contributed by atoms with van der Waals surface area (Å²) < 4.78 is 59.9. The summed E-state index contributed by atoms with van der Waals surface area (Å²) in [5, 5.41) is 3.21. The number of alkyl halides is 2. The minimum absolute atomic E-state index is 0.00839. The molecule has 14 heteroatoms. The highest BCUT2D eigenvalue weighted by atomic mass is 32.2. The van der Waals surface area contributed by atoms with Gasteiger partial charge in [-0.2, -0.15) is 20.5 Å². The van der Waals surface area contributed by atoms with Crippen molar-refractivity contribution in [2.75, 3.05) is 70.8 Å². The molecule has 0 fully saturated rings. The average molecular weight is 777 g/mol. The van der Waals surface area contributed by atoms with Crippen molar-refractivity contribution >= 4 is 24.9 Å². The van der Waals surface area contributed by atoms with Crippen LogP contribution in [0.25, 0.3) is 0 Å². The van der Waals surface area contributed by atoms with Crippen molar-refractivity contribution in [2.45, 2.75) is 160 Å². The zero-order valence-corrected chi connectivity index (χ0v) is 33.8. The van der Waals surface area contributed by atoms with E-state index in [4.69, 9.17) is 29.7 Å². The third kappa shape index (κ3) is 34.0. The first-order valence-electron chi connectivity index (χ1n) is 19.9. The number of halogens is 2. The van der Waals surface area contributed by atoms with E-state index >= 15 is 0 Å². The SMILES string of the molecule is CCCCCCCCCCCCOC[C@H](CSC[C@H](N)CNCCOCCOCC(F)(F)C(=O)P(=O)(O)O)OCCCCCCCCCCCC. The third-order valence-electron chi connectivity index (χ3n) is 8.50. The second-order valence-corrected chi connectivity index (χ2v) is 16.2. The fraction of sp³-hybridized carbons (Fsp3) is 0.973. The first kappa shape index (κ1) is 50.8. The summed E-state index contributed by atoms with van der Waals surface area (Å²) in [4.78, 5) is 28.3. The largest absolute Gasteiger partial charge is 0.398 e. The monoisotopic (exact) mass is 776 g/mol. The molecule has 0 unspecified atom stereocenters. The van der Waals surface area contributed by atoms with Gasteiger partial charge in [0, 0.05) is 43.9 Å². The molecule has 0 amide bonds. The molecule has 306 valence electrons. The Hall–Kier alpha value is -0.210. The van der Waals surface area contributed by atoms with Crippen molar-refractivity contribution in [2.24, 2.45) is 5.73 Å². The van der Waals surface area contributed by atoms with Gasteiger partial charge in [0.2, 0.25) is 0 Å². The van der Waals surface area contributed by atoms with Gasteiger partial charge in [0.05, 0.1) is 32.5 Å². The normalized spacial score (nSPS) is 13.5. The van der Waals surface area contributed by atoms with Gasteiger partial charge in [-0.25, -0.2) is 0 Å². The van der Waals surface area contributed by atoms with E-state index < -0.39 is 25.6 Å². The molecule has 0 aliphatic rings. The Morgan fingerprint density at radius 2 is 1.20 bits per heavy atom. The van der Waals surface area contributed by atoms with Gasteiger partial charge >= 0.3 is 19.0 Å². The number of thioether (sulfide) groups is 1. The molecular weight excluding hydrogens is 701 g/mol. The molecule has 0 aromatic heterocycles. The van der Waals surface area contributed by atoms with Crippen LogP contribution in [0.3, 0.4) is 0 Å². The first-order chi connectivity index (χ1) is 24.5. The number of carbonyl (C=O) groups is 1. The Balaban J connectivity index is 4.15. The molecule has 0 aliphatic heterocycles. The van der Waals surface area contributed by atoms with E-state index in [1.807, 2.05) is 0 Å². The Morgan fingerprint density at radius 3 is 1.73 bits per heavy atom. The number of ether oxygens (including phenoxy) is 4. The van der Waals surface area contributed by atoms with Crippen LogP contribution in [-0.2, 0) is 28.3 Å². The lowest BCUT2D eigenvalue weighted by atomic mass is 10.1. The predicted octanol–water partition coefficient (Wildman–Crippen LogP) is 8.25. The fourth-order valence-electron chi connectivity index (χ4n) is 5.43. The predicted molar refractivity (Wildman–Crippen MR) is 206 cm³/mol. The van der Waals surface area contributed by atoms with Crippen molar-refractivity contribution in [3.05, 3.63) is 0 Å². The molecular formula is C37H75F2N2O8PS. The quantitative estimate of drug-likeness (QED) is 0.0351. The molecule has 0 saturated heterocycles. The minimum atomic E-state index is -5.53. The fourth-order valence-corrected chi connectivity index (χ4v) is 6.93. The minimum Gasteiger partial charge on any atom is -0.379 e. The number of nitrogens with two attached hydrogens (primary N) is 1. The van der Waals surface area contributed by atoms with Gasteiger partial charge < -0.3 is 39.8 Å². The van der Waals surface area contributed by atoms with Crippen LogP contribution in [0, 0.1) is 0 Å². The lowest BCUT2D eigenvalue weighted by molar-refractivity contribution is -0.145. The lowest BCUT2D eigenvalue weighted by Crippen LogP contribution is -2.37. The van der Waals surface area contributed by atoms with E-state index in [9.17, 15) is 18.1 Å². The highest BCUT2D eigenvalue weighted by Crippen LogP contribution is 2.42. The van der Waals surface area contributed by atoms with E-state index in [1.165, 1.54) is 116 Å². The van der Waals surface area contributed by atoms with E-state index in [2.05, 4.69) is 23.9 Å². The number of nitrogens with one attached hydrogen (secondary N) is 1. The second-order valence-electron chi connectivity index (χ2n) is 13.7. The van der Waals surface area contributed by atoms with Crippen LogP contribution in [0.2, 0.25) is 0 Å². The van der Waals surface area contributed by atoms with Crippen LogP contribution >= 0.6 is 19.4 Å². The summed E-state index contributed by atoms with van der Waals surface area (Å²) >= 11 is 1.77. The standard InChI is InChI=1S/C37H75F2N2O8PS/c1-3-5-7-9-11-13-15-17-19-21-24-47-30-35(49-25-22-20-18-16-14-12-10-8-6-4-2)32-51-31-34(40)29-41-23-26-46-27-28-48-33-37(38,39)36(42)50(43,44)45/h34-35,41H,3-33,40H2,1-2H3,(H2,43,44,45)/t34-,35-/m1/s1. The first-order valence-corrected chi connectivity index (χ1v) is 22.7. The molecule has 10 nitrogen and oxygen atoms in total. The molecule has 0 saturated carbocycles. The van der Waals surface area contributed by atoms with Gasteiger partial charge in [-0.3, -0.25) is 9.36 Å².